The van der Waals surface area contributed by atoms with Crippen LogP contribution in [0.5, 0.6) is 0 Å². The maximum absolute atomic E-state index is 12.0. The first-order valence-corrected chi connectivity index (χ1v) is 6.13. The van der Waals surface area contributed by atoms with Gasteiger partial charge >= 0.3 is 0 Å². The highest BCUT2D eigenvalue weighted by Crippen LogP contribution is 2.18. The zero-order valence-electron chi connectivity index (χ0n) is 9.21. The number of rotatable bonds is 3. The summed E-state index contributed by atoms with van der Waals surface area (Å²) in [4.78, 5) is 12.0. The van der Waals surface area contributed by atoms with Gasteiger partial charge in [0.1, 0.15) is 0 Å². The maximum atomic E-state index is 12.0. The van der Waals surface area contributed by atoms with Crippen LogP contribution in [0.15, 0.2) is 24.3 Å². The molecule has 1 saturated heterocycles. The highest BCUT2D eigenvalue weighted by molar-refractivity contribution is 6.31. The summed E-state index contributed by atoms with van der Waals surface area (Å²) in [6.45, 7) is 2.05. The van der Waals surface area contributed by atoms with Gasteiger partial charge in [0, 0.05) is 17.0 Å². The van der Waals surface area contributed by atoms with E-state index >= 15 is 0 Å². The summed E-state index contributed by atoms with van der Waals surface area (Å²) in [5.74, 6) is 0.691. The Hall–Kier alpha value is -0.860. The van der Waals surface area contributed by atoms with Crippen molar-refractivity contribution in [3.63, 3.8) is 0 Å². The Balaban J connectivity index is 1.97. The molecule has 0 bridgehead atoms. The average molecular weight is 238 g/mol. The van der Waals surface area contributed by atoms with Crippen molar-refractivity contribution in [3.05, 3.63) is 34.9 Å². The number of carbonyl (C=O) groups is 1. The van der Waals surface area contributed by atoms with Crippen molar-refractivity contribution in [2.24, 2.45) is 5.92 Å². The molecule has 1 fully saturated rings. The van der Waals surface area contributed by atoms with Crippen molar-refractivity contribution in [2.75, 3.05) is 13.1 Å². The van der Waals surface area contributed by atoms with E-state index in [-0.39, 0.29) is 5.78 Å². The van der Waals surface area contributed by atoms with Crippen molar-refractivity contribution >= 4 is 17.4 Å². The van der Waals surface area contributed by atoms with Gasteiger partial charge in [0.15, 0.2) is 5.78 Å². The van der Waals surface area contributed by atoms with E-state index in [2.05, 4.69) is 5.32 Å². The summed E-state index contributed by atoms with van der Waals surface area (Å²) < 4.78 is 0. The summed E-state index contributed by atoms with van der Waals surface area (Å²) in [5, 5.41) is 3.96. The van der Waals surface area contributed by atoms with E-state index in [0.29, 0.717) is 17.4 Å². The van der Waals surface area contributed by atoms with Crippen LogP contribution in [0.4, 0.5) is 0 Å². The number of piperidine rings is 1. The number of hydrogen-bond acceptors (Lipinski definition) is 2. The smallest absolute Gasteiger partial charge is 0.163 e. The number of ketones is 1. The predicted octanol–water partition coefficient (Wildman–Crippen LogP) is 2.91. The fraction of sp³-hybridized carbons (Fsp3) is 0.462. The second-order valence-electron chi connectivity index (χ2n) is 4.35. The van der Waals surface area contributed by atoms with Crippen LogP contribution in [0.25, 0.3) is 0 Å². The zero-order valence-corrected chi connectivity index (χ0v) is 9.96. The Morgan fingerprint density at radius 1 is 1.50 bits per heavy atom. The predicted molar refractivity (Wildman–Crippen MR) is 66.0 cm³/mol. The molecule has 0 aliphatic carbocycles. The fourth-order valence-corrected chi connectivity index (χ4v) is 2.33. The third-order valence-electron chi connectivity index (χ3n) is 3.02. The molecule has 1 atom stereocenters. The fourth-order valence-electron chi connectivity index (χ4n) is 2.14. The molecule has 0 aromatic heterocycles. The summed E-state index contributed by atoms with van der Waals surface area (Å²) in [7, 11) is 0. The van der Waals surface area contributed by atoms with Crippen LogP contribution < -0.4 is 5.32 Å². The summed E-state index contributed by atoms with van der Waals surface area (Å²) >= 11 is 5.87. The largest absolute Gasteiger partial charge is 0.316 e. The second kappa shape index (κ2) is 5.46. The standard InChI is InChI=1S/C13H16ClNO/c14-12-5-1-4-11(8-12)13(16)7-10-3-2-6-15-9-10/h1,4-5,8,10,15H,2-3,6-7,9H2. The molecule has 0 radical (unpaired) electrons. The third-order valence-corrected chi connectivity index (χ3v) is 3.25. The molecule has 0 saturated carbocycles. The molecule has 1 aliphatic heterocycles. The molecule has 86 valence electrons. The van der Waals surface area contributed by atoms with E-state index in [9.17, 15) is 4.79 Å². The van der Waals surface area contributed by atoms with Gasteiger partial charge < -0.3 is 5.32 Å². The lowest BCUT2D eigenvalue weighted by molar-refractivity contribution is 0.0954. The van der Waals surface area contributed by atoms with Gasteiger partial charge in [-0.25, -0.2) is 0 Å². The van der Waals surface area contributed by atoms with Gasteiger partial charge in [-0.15, -0.1) is 0 Å². The normalized spacial score (nSPS) is 20.7. The van der Waals surface area contributed by atoms with Crippen molar-refractivity contribution < 1.29 is 4.79 Å². The van der Waals surface area contributed by atoms with Gasteiger partial charge in [0.2, 0.25) is 0 Å². The first-order valence-electron chi connectivity index (χ1n) is 5.75. The van der Waals surface area contributed by atoms with E-state index in [4.69, 9.17) is 11.6 Å². The van der Waals surface area contributed by atoms with Crippen molar-refractivity contribution in [1.29, 1.82) is 0 Å². The lowest BCUT2D eigenvalue weighted by Gasteiger charge is -2.21. The Kier molecular flexibility index (Phi) is 3.97. The van der Waals surface area contributed by atoms with E-state index in [1.165, 1.54) is 6.42 Å². The highest BCUT2D eigenvalue weighted by atomic mass is 35.5. The number of nitrogens with one attached hydrogen (secondary N) is 1. The maximum Gasteiger partial charge on any atom is 0.163 e. The SMILES string of the molecule is O=C(CC1CCCNC1)c1cccc(Cl)c1. The first-order chi connectivity index (χ1) is 7.75. The highest BCUT2D eigenvalue weighted by Gasteiger charge is 2.17. The average Bonchev–Trinajstić information content (AvgIpc) is 2.30. The van der Waals surface area contributed by atoms with Crippen LogP contribution in [-0.2, 0) is 0 Å². The third kappa shape index (κ3) is 3.06. The first kappa shape index (κ1) is 11.6. The van der Waals surface area contributed by atoms with E-state index in [1.807, 2.05) is 12.1 Å². The molecular weight excluding hydrogens is 222 g/mol. The molecule has 1 unspecified atom stereocenters. The molecule has 16 heavy (non-hydrogen) atoms. The minimum atomic E-state index is 0.205. The molecule has 3 heteroatoms. The van der Waals surface area contributed by atoms with Crippen LogP contribution in [0.1, 0.15) is 29.6 Å². The lowest BCUT2D eigenvalue weighted by atomic mass is 9.92. The molecule has 1 heterocycles. The monoisotopic (exact) mass is 237 g/mol. The van der Waals surface area contributed by atoms with E-state index in [1.54, 1.807) is 12.1 Å². The number of carbonyl (C=O) groups excluding carboxylic acids is 1. The number of Topliss-reactive ketones (excluding diaryl/α,β-unsaturated/α-hetero) is 1. The quantitative estimate of drug-likeness (QED) is 0.819. The van der Waals surface area contributed by atoms with E-state index in [0.717, 1.165) is 25.1 Å². The summed E-state index contributed by atoms with van der Waals surface area (Å²) in [6, 6.07) is 7.21. The van der Waals surface area contributed by atoms with Gasteiger partial charge in [-0.1, -0.05) is 23.7 Å². The molecule has 1 aliphatic rings. The molecule has 0 amide bonds. The minimum absolute atomic E-state index is 0.205. The van der Waals surface area contributed by atoms with Crippen LogP contribution in [0, 0.1) is 5.92 Å². The summed E-state index contributed by atoms with van der Waals surface area (Å²) in [5.41, 5.74) is 0.734. The van der Waals surface area contributed by atoms with Gasteiger partial charge in [-0.3, -0.25) is 4.79 Å². The second-order valence-corrected chi connectivity index (χ2v) is 4.79. The Labute approximate surface area is 101 Å². The molecule has 1 aromatic rings. The number of hydrogen-bond donors (Lipinski definition) is 1. The van der Waals surface area contributed by atoms with Crippen LogP contribution in [0.3, 0.4) is 0 Å². The van der Waals surface area contributed by atoms with Gasteiger partial charge in [0.25, 0.3) is 0 Å². The van der Waals surface area contributed by atoms with Crippen LogP contribution >= 0.6 is 11.6 Å². The lowest BCUT2D eigenvalue weighted by Crippen LogP contribution is -2.31. The minimum Gasteiger partial charge on any atom is -0.316 e. The van der Waals surface area contributed by atoms with Crippen LogP contribution in [-0.4, -0.2) is 18.9 Å². The van der Waals surface area contributed by atoms with Crippen molar-refractivity contribution in [2.45, 2.75) is 19.3 Å². The summed E-state index contributed by atoms with van der Waals surface area (Å²) in [6.07, 6.45) is 2.96. The zero-order chi connectivity index (χ0) is 11.4. The van der Waals surface area contributed by atoms with Gasteiger partial charge in [0.05, 0.1) is 0 Å². The topological polar surface area (TPSA) is 29.1 Å². The van der Waals surface area contributed by atoms with E-state index < -0.39 is 0 Å². The molecule has 2 nitrogen and oxygen atoms in total. The van der Waals surface area contributed by atoms with Gasteiger partial charge in [-0.05, 0) is 44.0 Å². The number of halogens is 1. The number of benzene rings is 1. The Bertz CT molecular complexity index is 372. The Morgan fingerprint density at radius 2 is 2.38 bits per heavy atom. The van der Waals surface area contributed by atoms with Crippen molar-refractivity contribution in [3.8, 4) is 0 Å². The molecule has 0 spiro atoms. The van der Waals surface area contributed by atoms with Gasteiger partial charge in [-0.2, -0.15) is 0 Å². The molecule has 2 rings (SSSR count). The van der Waals surface area contributed by atoms with Crippen molar-refractivity contribution in [1.82, 2.24) is 5.32 Å². The Morgan fingerprint density at radius 3 is 3.06 bits per heavy atom. The molecular formula is C13H16ClNO. The molecule has 1 N–H and O–H groups in total. The van der Waals surface area contributed by atoms with Crippen LogP contribution in [0.2, 0.25) is 5.02 Å². The molecule has 1 aromatic carbocycles.